The summed E-state index contributed by atoms with van der Waals surface area (Å²) in [5, 5.41) is 0. The zero-order valence-corrected chi connectivity index (χ0v) is 16.3. The molecule has 0 unspecified atom stereocenters. The minimum absolute atomic E-state index is 0.0696. The summed E-state index contributed by atoms with van der Waals surface area (Å²) in [7, 11) is 2.65. The van der Waals surface area contributed by atoms with Crippen LogP contribution in [0.15, 0.2) is 0 Å². The molecule has 0 saturated heterocycles. The first-order chi connectivity index (χ1) is 13.2. The van der Waals surface area contributed by atoms with Gasteiger partial charge in [-0.1, -0.05) is 0 Å². The standard InChI is InChI=1S/C17H32O10/c1-20-16(18)3-4-22-5-6-23-7-8-24-9-10-25-11-12-26-13-14-27-15-17(19)21-2/h3-15H2,1-2H3. The van der Waals surface area contributed by atoms with E-state index in [-0.39, 0.29) is 19.0 Å². The van der Waals surface area contributed by atoms with E-state index in [4.69, 9.17) is 28.4 Å². The van der Waals surface area contributed by atoms with Gasteiger partial charge in [0.25, 0.3) is 0 Å². The van der Waals surface area contributed by atoms with Crippen LogP contribution in [-0.2, 0) is 47.5 Å². The van der Waals surface area contributed by atoms with Gasteiger partial charge < -0.3 is 37.9 Å². The summed E-state index contributed by atoms with van der Waals surface area (Å²) in [6.07, 6.45) is 0.244. The molecule has 0 aliphatic heterocycles. The second-order valence-electron chi connectivity index (χ2n) is 5.02. The molecule has 0 atom stereocenters. The Bertz CT molecular complexity index is 319. The molecule has 0 radical (unpaired) electrons. The van der Waals surface area contributed by atoms with Crippen molar-refractivity contribution in [2.24, 2.45) is 0 Å². The van der Waals surface area contributed by atoms with Crippen molar-refractivity contribution in [1.29, 1.82) is 0 Å². The Balaban J connectivity index is 3.05. The zero-order valence-electron chi connectivity index (χ0n) is 16.3. The van der Waals surface area contributed by atoms with Crippen LogP contribution in [0.3, 0.4) is 0 Å². The van der Waals surface area contributed by atoms with E-state index in [1.807, 2.05) is 0 Å². The molecule has 160 valence electrons. The molecule has 0 spiro atoms. The summed E-state index contributed by atoms with van der Waals surface area (Å²) >= 11 is 0. The van der Waals surface area contributed by atoms with E-state index in [0.29, 0.717) is 72.7 Å². The van der Waals surface area contributed by atoms with Crippen LogP contribution in [0.1, 0.15) is 6.42 Å². The largest absolute Gasteiger partial charge is 0.469 e. The molecule has 0 saturated carbocycles. The average molecular weight is 396 g/mol. The first-order valence-electron chi connectivity index (χ1n) is 8.80. The molecule has 0 aliphatic carbocycles. The SMILES string of the molecule is COC(=O)CCOCCOCCOCCOCCOCCOCC(=O)OC. The molecule has 0 N–H and O–H groups in total. The Labute approximate surface area is 160 Å². The number of carbonyl (C=O) groups excluding carboxylic acids is 2. The smallest absolute Gasteiger partial charge is 0.331 e. The topological polar surface area (TPSA) is 108 Å². The zero-order chi connectivity index (χ0) is 20.0. The van der Waals surface area contributed by atoms with Crippen molar-refractivity contribution in [3.05, 3.63) is 0 Å². The summed E-state index contributed by atoms with van der Waals surface area (Å²) in [6.45, 7) is 4.63. The van der Waals surface area contributed by atoms with Crippen molar-refractivity contribution in [1.82, 2.24) is 0 Å². The molecule has 0 heterocycles. The molecular formula is C17H32O10. The monoisotopic (exact) mass is 396 g/mol. The summed E-state index contributed by atoms with van der Waals surface area (Å²) in [5.41, 5.74) is 0. The quantitative estimate of drug-likeness (QED) is 0.203. The van der Waals surface area contributed by atoms with Crippen molar-refractivity contribution in [2.75, 3.05) is 93.5 Å². The number of methoxy groups -OCH3 is 2. The summed E-state index contributed by atoms with van der Waals surface area (Å²) in [6, 6.07) is 0. The van der Waals surface area contributed by atoms with E-state index in [2.05, 4.69) is 9.47 Å². The van der Waals surface area contributed by atoms with Gasteiger partial charge in [0.05, 0.1) is 93.3 Å². The minimum Gasteiger partial charge on any atom is -0.469 e. The maximum Gasteiger partial charge on any atom is 0.331 e. The van der Waals surface area contributed by atoms with Gasteiger partial charge >= 0.3 is 11.9 Å². The summed E-state index contributed by atoms with van der Waals surface area (Å²) in [5.74, 6) is -0.699. The molecule has 0 amide bonds. The first kappa shape index (κ1) is 25.7. The number of hydrogen-bond donors (Lipinski definition) is 0. The highest BCUT2D eigenvalue weighted by Crippen LogP contribution is 1.88. The van der Waals surface area contributed by atoms with Crippen LogP contribution >= 0.6 is 0 Å². The Morgan fingerprint density at radius 2 is 0.815 bits per heavy atom. The Morgan fingerprint density at radius 1 is 0.481 bits per heavy atom. The number of carbonyl (C=O) groups is 2. The van der Waals surface area contributed by atoms with Gasteiger partial charge in [0.1, 0.15) is 6.61 Å². The molecule has 0 bridgehead atoms. The van der Waals surface area contributed by atoms with Crippen LogP contribution in [0.5, 0.6) is 0 Å². The second kappa shape index (κ2) is 21.0. The molecule has 10 nitrogen and oxygen atoms in total. The van der Waals surface area contributed by atoms with Crippen molar-refractivity contribution < 1.29 is 47.5 Å². The van der Waals surface area contributed by atoms with E-state index in [9.17, 15) is 9.59 Å². The summed E-state index contributed by atoms with van der Waals surface area (Å²) < 4.78 is 40.4. The lowest BCUT2D eigenvalue weighted by molar-refractivity contribution is -0.146. The van der Waals surface area contributed by atoms with Crippen LogP contribution in [0.4, 0.5) is 0 Å². The van der Waals surface area contributed by atoms with Crippen molar-refractivity contribution >= 4 is 11.9 Å². The Hall–Kier alpha value is -1.30. The van der Waals surface area contributed by atoms with Crippen LogP contribution in [0.25, 0.3) is 0 Å². The van der Waals surface area contributed by atoms with Crippen LogP contribution < -0.4 is 0 Å². The molecule has 0 fully saturated rings. The Morgan fingerprint density at radius 3 is 1.19 bits per heavy atom. The highest BCUT2D eigenvalue weighted by Gasteiger charge is 2.00. The predicted octanol–water partition coefficient (Wildman–Crippen LogP) is -0.178. The molecule has 10 heteroatoms. The van der Waals surface area contributed by atoms with E-state index in [1.54, 1.807) is 0 Å². The van der Waals surface area contributed by atoms with Gasteiger partial charge in [0.15, 0.2) is 0 Å². The van der Waals surface area contributed by atoms with Crippen LogP contribution in [-0.4, -0.2) is 105 Å². The fourth-order valence-corrected chi connectivity index (χ4v) is 1.57. The van der Waals surface area contributed by atoms with E-state index < -0.39 is 5.97 Å². The average Bonchev–Trinajstić information content (AvgIpc) is 2.69. The third-order valence-corrected chi connectivity index (χ3v) is 2.99. The van der Waals surface area contributed by atoms with Gasteiger partial charge in [-0.2, -0.15) is 0 Å². The number of hydrogen-bond acceptors (Lipinski definition) is 10. The fourth-order valence-electron chi connectivity index (χ4n) is 1.57. The summed E-state index contributed by atoms with van der Waals surface area (Å²) in [4.78, 5) is 21.6. The lowest BCUT2D eigenvalue weighted by Gasteiger charge is -2.08. The van der Waals surface area contributed by atoms with Crippen LogP contribution in [0.2, 0.25) is 0 Å². The van der Waals surface area contributed by atoms with Crippen molar-refractivity contribution in [3.8, 4) is 0 Å². The normalized spacial score (nSPS) is 10.7. The molecular weight excluding hydrogens is 364 g/mol. The maximum absolute atomic E-state index is 10.8. The van der Waals surface area contributed by atoms with E-state index in [1.165, 1.54) is 14.2 Å². The molecule has 0 aromatic carbocycles. The van der Waals surface area contributed by atoms with Gasteiger partial charge in [-0.3, -0.25) is 4.79 Å². The number of rotatable bonds is 20. The van der Waals surface area contributed by atoms with E-state index >= 15 is 0 Å². The third-order valence-electron chi connectivity index (χ3n) is 2.99. The van der Waals surface area contributed by atoms with Gasteiger partial charge in [-0.25, -0.2) is 4.79 Å². The van der Waals surface area contributed by atoms with Crippen molar-refractivity contribution in [3.63, 3.8) is 0 Å². The fraction of sp³-hybridized carbons (Fsp3) is 0.882. The molecule has 0 aromatic heterocycles. The Kier molecular flexibility index (Phi) is 20.0. The maximum atomic E-state index is 10.8. The lowest BCUT2D eigenvalue weighted by Crippen LogP contribution is -2.15. The highest BCUT2D eigenvalue weighted by atomic mass is 16.6. The molecule has 0 aromatic rings. The third kappa shape index (κ3) is 20.9. The van der Waals surface area contributed by atoms with Gasteiger partial charge in [-0.05, 0) is 0 Å². The van der Waals surface area contributed by atoms with Gasteiger partial charge in [0, 0.05) is 0 Å². The molecule has 27 heavy (non-hydrogen) atoms. The number of ether oxygens (including phenoxy) is 8. The lowest BCUT2D eigenvalue weighted by atomic mass is 10.5. The number of esters is 2. The molecule has 0 rings (SSSR count). The van der Waals surface area contributed by atoms with Crippen LogP contribution in [0, 0.1) is 0 Å². The predicted molar refractivity (Wildman–Crippen MR) is 93.6 cm³/mol. The first-order valence-corrected chi connectivity index (χ1v) is 8.80. The second-order valence-corrected chi connectivity index (χ2v) is 5.02. The van der Waals surface area contributed by atoms with E-state index in [0.717, 1.165) is 0 Å². The minimum atomic E-state index is -0.410. The van der Waals surface area contributed by atoms with Gasteiger partial charge in [-0.15, -0.1) is 0 Å². The highest BCUT2D eigenvalue weighted by molar-refractivity contribution is 5.70. The van der Waals surface area contributed by atoms with Crippen molar-refractivity contribution in [2.45, 2.75) is 6.42 Å². The molecule has 0 aliphatic rings. The van der Waals surface area contributed by atoms with Gasteiger partial charge in [0.2, 0.25) is 0 Å².